The van der Waals surface area contributed by atoms with Crippen LogP contribution in [0.2, 0.25) is 0 Å². The van der Waals surface area contributed by atoms with E-state index in [0.29, 0.717) is 0 Å². The lowest BCUT2D eigenvalue weighted by atomic mass is 10.4. The first-order valence-electron chi connectivity index (χ1n) is 3.69. The van der Waals surface area contributed by atoms with E-state index in [1.54, 1.807) is 4.72 Å². The Bertz CT molecular complexity index is 537. The van der Waals surface area contributed by atoms with Gasteiger partial charge in [-0.1, -0.05) is 0 Å². The third-order valence-corrected chi connectivity index (χ3v) is 2.89. The summed E-state index contributed by atoms with van der Waals surface area (Å²) in [6.07, 6.45) is 2.38. The number of sulfonamides is 1. The number of nitrogens with zero attached hydrogens (tertiary/aromatic N) is 2. The van der Waals surface area contributed by atoms with Gasteiger partial charge in [0.15, 0.2) is 6.19 Å². The van der Waals surface area contributed by atoms with Gasteiger partial charge in [-0.05, 0) is 6.07 Å². The van der Waals surface area contributed by atoms with E-state index in [2.05, 4.69) is 0 Å². The molecule has 8 heteroatoms. The molecule has 2 N–H and O–H groups in total. The maximum Gasteiger partial charge on any atom is 0.352 e. The monoisotopic (exact) mass is 229 g/mol. The molecule has 1 rings (SSSR count). The van der Waals surface area contributed by atoms with Crippen molar-refractivity contribution in [1.82, 2.24) is 9.29 Å². The summed E-state index contributed by atoms with van der Waals surface area (Å²) in [5, 5.41) is 16.9. The van der Waals surface area contributed by atoms with Crippen molar-refractivity contribution in [1.29, 1.82) is 5.26 Å². The fourth-order valence-corrected chi connectivity index (χ4v) is 1.81. The average Bonchev–Trinajstić information content (AvgIpc) is 2.47. The lowest BCUT2D eigenvalue weighted by molar-refractivity contribution is 0.0686. The summed E-state index contributed by atoms with van der Waals surface area (Å²) >= 11 is 0. The van der Waals surface area contributed by atoms with Crippen LogP contribution in [0.4, 0.5) is 0 Å². The molecule has 0 saturated heterocycles. The molecule has 0 aliphatic rings. The Balaban J connectivity index is 3.26. The molecule has 15 heavy (non-hydrogen) atoms. The summed E-state index contributed by atoms with van der Waals surface area (Å²) in [6.45, 7) is 0. The van der Waals surface area contributed by atoms with Gasteiger partial charge < -0.3 is 9.67 Å². The van der Waals surface area contributed by atoms with E-state index in [0.717, 1.165) is 16.8 Å². The Kier molecular flexibility index (Phi) is 2.67. The molecule has 0 bridgehead atoms. The topological polar surface area (TPSA) is 112 Å². The Labute approximate surface area is 85.6 Å². The second kappa shape index (κ2) is 3.62. The highest BCUT2D eigenvalue weighted by molar-refractivity contribution is 7.89. The van der Waals surface area contributed by atoms with Gasteiger partial charge in [0.1, 0.15) is 10.6 Å². The summed E-state index contributed by atoms with van der Waals surface area (Å²) in [6, 6.07) is 0.974. The van der Waals surface area contributed by atoms with Crippen molar-refractivity contribution >= 4 is 16.0 Å². The van der Waals surface area contributed by atoms with Crippen LogP contribution in [0, 0.1) is 11.5 Å². The van der Waals surface area contributed by atoms with E-state index in [9.17, 15) is 13.2 Å². The highest BCUT2D eigenvalue weighted by atomic mass is 32.2. The molecule has 80 valence electrons. The van der Waals surface area contributed by atoms with Crippen molar-refractivity contribution in [2.24, 2.45) is 7.05 Å². The molecule has 0 spiro atoms. The highest BCUT2D eigenvalue weighted by Gasteiger charge is 2.19. The minimum absolute atomic E-state index is 0.173. The summed E-state index contributed by atoms with van der Waals surface area (Å²) in [5.74, 6) is -1.24. The largest absolute Gasteiger partial charge is 0.477 e. The molecule has 0 aliphatic carbocycles. The summed E-state index contributed by atoms with van der Waals surface area (Å²) in [7, 11) is -2.54. The number of carbonyl (C=O) groups is 1. The van der Waals surface area contributed by atoms with E-state index < -0.39 is 16.0 Å². The van der Waals surface area contributed by atoms with E-state index in [-0.39, 0.29) is 10.6 Å². The minimum atomic E-state index is -3.94. The standard InChI is InChI=1S/C7H7N3O4S/c1-10-3-5(2-6(10)7(11)12)15(13,14)9-4-8/h2-3,9H,1H3,(H,11,12). The van der Waals surface area contributed by atoms with Crippen LogP contribution in [-0.2, 0) is 17.1 Å². The van der Waals surface area contributed by atoms with E-state index in [1.807, 2.05) is 0 Å². The zero-order chi connectivity index (χ0) is 11.6. The molecule has 1 aromatic rings. The molecule has 0 atom stereocenters. The molecule has 0 unspecified atom stereocenters. The van der Waals surface area contributed by atoms with Crippen molar-refractivity contribution in [3.05, 3.63) is 18.0 Å². The number of hydrogen-bond acceptors (Lipinski definition) is 4. The van der Waals surface area contributed by atoms with Gasteiger partial charge in [-0.2, -0.15) is 5.26 Å². The first-order valence-corrected chi connectivity index (χ1v) is 5.17. The molecule has 0 aromatic carbocycles. The van der Waals surface area contributed by atoms with Gasteiger partial charge in [0.05, 0.1) is 0 Å². The molecule has 0 radical (unpaired) electrons. The number of aromatic nitrogens is 1. The number of carboxylic acid groups (broad SMARTS) is 1. The van der Waals surface area contributed by atoms with E-state index >= 15 is 0 Å². The Morgan fingerprint density at radius 1 is 1.67 bits per heavy atom. The second-order valence-corrected chi connectivity index (χ2v) is 4.38. The molecule has 0 aliphatic heterocycles. The molecule has 0 amide bonds. The molecule has 0 saturated carbocycles. The second-order valence-electron chi connectivity index (χ2n) is 2.69. The fourth-order valence-electron chi connectivity index (χ4n) is 1.01. The average molecular weight is 229 g/mol. The molecule has 1 heterocycles. The SMILES string of the molecule is Cn1cc(S(=O)(=O)NC#N)cc1C(=O)O. The normalized spacial score (nSPS) is 10.7. The zero-order valence-corrected chi connectivity index (χ0v) is 8.45. The van der Waals surface area contributed by atoms with Gasteiger partial charge in [-0.15, -0.1) is 0 Å². The van der Waals surface area contributed by atoms with Crippen LogP contribution in [0.1, 0.15) is 10.5 Å². The quantitative estimate of drug-likeness (QED) is 0.535. The molecule has 1 aromatic heterocycles. The number of carboxylic acids is 1. The summed E-state index contributed by atoms with van der Waals surface area (Å²) < 4.78 is 25.3. The van der Waals surface area contributed by atoms with Crippen LogP contribution >= 0.6 is 0 Å². The Morgan fingerprint density at radius 3 is 2.67 bits per heavy atom. The number of nitriles is 1. The first-order chi connectivity index (χ1) is 6.88. The van der Waals surface area contributed by atoms with Crippen LogP contribution in [0.5, 0.6) is 0 Å². The lowest BCUT2D eigenvalue weighted by Crippen LogP contribution is -2.17. The number of aromatic carboxylic acids is 1. The Morgan fingerprint density at radius 2 is 2.27 bits per heavy atom. The van der Waals surface area contributed by atoms with Crippen LogP contribution in [0.25, 0.3) is 0 Å². The first kappa shape index (κ1) is 11.1. The number of nitrogens with one attached hydrogen (secondary N) is 1. The zero-order valence-electron chi connectivity index (χ0n) is 7.63. The van der Waals surface area contributed by atoms with Gasteiger partial charge >= 0.3 is 5.97 Å². The number of rotatable bonds is 3. The number of hydrogen-bond donors (Lipinski definition) is 2. The minimum Gasteiger partial charge on any atom is -0.477 e. The van der Waals surface area contributed by atoms with Crippen molar-refractivity contribution < 1.29 is 18.3 Å². The third kappa shape index (κ3) is 2.08. The molecular weight excluding hydrogens is 222 g/mol. The van der Waals surface area contributed by atoms with E-state index in [4.69, 9.17) is 10.4 Å². The van der Waals surface area contributed by atoms with Crippen molar-refractivity contribution in [3.8, 4) is 6.19 Å². The smallest absolute Gasteiger partial charge is 0.352 e. The van der Waals surface area contributed by atoms with E-state index in [1.165, 1.54) is 13.2 Å². The van der Waals surface area contributed by atoms with Gasteiger partial charge in [-0.3, -0.25) is 0 Å². The molecular formula is C7H7N3O4S. The summed E-state index contributed by atoms with van der Waals surface area (Å²) in [5.41, 5.74) is -0.173. The Hall–Kier alpha value is -2.01. The van der Waals surface area contributed by atoms with Crippen molar-refractivity contribution in [3.63, 3.8) is 0 Å². The van der Waals surface area contributed by atoms with Gasteiger partial charge in [-0.25, -0.2) is 17.9 Å². The highest BCUT2D eigenvalue weighted by Crippen LogP contribution is 2.12. The van der Waals surface area contributed by atoms with Gasteiger partial charge in [0.25, 0.3) is 10.0 Å². The number of aryl methyl sites for hydroxylation is 1. The lowest BCUT2D eigenvalue weighted by Gasteiger charge is -1.95. The maximum absolute atomic E-state index is 11.3. The fraction of sp³-hybridized carbons (Fsp3) is 0.143. The van der Waals surface area contributed by atoms with Crippen molar-refractivity contribution in [2.45, 2.75) is 4.90 Å². The third-order valence-electron chi connectivity index (χ3n) is 1.69. The van der Waals surface area contributed by atoms with Crippen LogP contribution in [0.15, 0.2) is 17.2 Å². The van der Waals surface area contributed by atoms with Gasteiger partial charge in [0, 0.05) is 13.2 Å². The molecule has 7 nitrogen and oxygen atoms in total. The van der Waals surface area contributed by atoms with Crippen LogP contribution < -0.4 is 4.72 Å². The predicted molar refractivity (Wildman–Crippen MR) is 48.3 cm³/mol. The maximum atomic E-state index is 11.3. The van der Waals surface area contributed by atoms with Gasteiger partial charge in [0.2, 0.25) is 0 Å². The van der Waals surface area contributed by atoms with Crippen LogP contribution in [0.3, 0.4) is 0 Å². The van der Waals surface area contributed by atoms with Crippen molar-refractivity contribution in [2.75, 3.05) is 0 Å². The molecule has 0 fully saturated rings. The summed E-state index contributed by atoms with van der Waals surface area (Å²) in [4.78, 5) is 10.4. The van der Waals surface area contributed by atoms with Crippen LogP contribution in [-0.4, -0.2) is 24.1 Å². The predicted octanol–water partition coefficient (Wildman–Crippen LogP) is -0.517.